The van der Waals surface area contributed by atoms with Crippen LogP contribution in [0.5, 0.6) is 5.75 Å². The number of alkyl halides is 3. The van der Waals surface area contributed by atoms with Crippen LogP contribution in [0.2, 0.25) is 0 Å². The fourth-order valence-corrected chi connectivity index (χ4v) is 5.26. The number of carbonyl (C=O) groups excluding carboxylic acids is 1. The van der Waals surface area contributed by atoms with Crippen molar-refractivity contribution in [2.24, 2.45) is 0 Å². The minimum Gasteiger partial charge on any atom is -0.494 e. The highest BCUT2D eigenvalue weighted by Crippen LogP contribution is 2.40. The van der Waals surface area contributed by atoms with Crippen LogP contribution >= 0.6 is 0 Å². The summed E-state index contributed by atoms with van der Waals surface area (Å²) in [7, 11) is 3.65. The molecule has 228 valence electrons. The van der Waals surface area contributed by atoms with Gasteiger partial charge < -0.3 is 25.2 Å². The number of anilines is 5. The normalized spacial score (nSPS) is 17.8. The number of hydrogen-bond acceptors (Lipinski definition) is 9. The number of nitrogens with zero attached hydrogens (tertiary/aromatic N) is 5. The Morgan fingerprint density at radius 1 is 1.12 bits per heavy atom. The van der Waals surface area contributed by atoms with Gasteiger partial charge in [0.15, 0.2) is 5.82 Å². The highest BCUT2D eigenvalue weighted by atomic mass is 19.4. The summed E-state index contributed by atoms with van der Waals surface area (Å²) in [5, 5.41) is 7.66. The number of carbonyl (C=O) groups is 1. The zero-order valence-corrected chi connectivity index (χ0v) is 24.0. The molecule has 0 saturated carbocycles. The van der Waals surface area contributed by atoms with E-state index in [0.29, 0.717) is 47.4 Å². The van der Waals surface area contributed by atoms with Crippen LogP contribution in [0.4, 0.5) is 41.9 Å². The quantitative estimate of drug-likeness (QED) is 0.331. The van der Waals surface area contributed by atoms with Gasteiger partial charge in [-0.1, -0.05) is 18.7 Å². The molecule has 13 heteroatoms. The van der Waals surface area contributed by atoms with E-state index in [2.05, 4.69) is 44.0 Å². The molecule has 10 nitrogen and oxygen atoms in total. The lowest BCUT2D eigenvalue weighted by molar-refractivity contribution is -0.137. The molecule has 1 amide bonds. The first-order chi connectivity index (χ1) is 20.7. The Bertz CT molecular complexity index is 1470. The molecule has 3 aromatic rings. The van der Waals surface area contributed by atoms with Crippen LogP contribution in [-0.2, 0) is 15.8 Å². The molecule has 3 heterocycles. The van der Waals surface area contributed by atoms with E-state index in [-0.39, 0.29) is 5.91 Å². The van der Waals surface area contributed by atoms with Gasteiger partial charge in [0, 0.05) is 38.2 Å². The molecule has 0 aliphatic carbocycles. The number of amides is 1. The molecule has 43 heavy (non-hydrogen) atoms. The van der Waals surface area contributed by atoms with Gasteiger partial charge in [0.1, 0.15) is 17.9 Å². The second-order valence-electron chi connectivity index (χ2n) is 10.4. The number of rotatable bonds is 8. The lowest BCUT2D eigenvalue weighted by atomic mass is 10.0. The fourth-order valence-electron chi connectivity index (χ4n) is 5.26. The third-order valence-corrected chi connectivity index (χ3v) is 7.47. The molecule has 2 N–H and O–H groups in total. The van der Waals surface area contributed by atoms with Gasteiger partial charge >= 0.3 is 6.18 Å². The van der Waals surface area contributed by atoms with Gasteiger partial charge in [-0.25, -0.2) is 15.0 Å². The Hall–Kier alpha value is -4.36. The number of ether oxygens (including phenoxy) is 1. The number of nitrogens with one attached hydrogen (secondary N) is 2. The van der Waals surface area contributed by atoms with Crippen LogP contribution in [-0.4, -0.2) is 67.7 Å². The molecule has 5 rings (SSSR count). The predicted octanol–water partition coefficient (Wildman–Crippen LogP) is 5.40. The number of aromatic nitrogens is 2. The van der Waals surface area contributed by atoms with Gasteiger partial charge in [-0.05, 0) is 49.9 Å². The van der Waals surface area contributed by atoms with Crippen molar-refractivity contribution in [3.8, 4) is 5.75 Å². The van der Waals surface area contributed by atoms with Gasteiger partial charge in [0.25, 0.3) is 0 Å². The topological polar surface area (TPSA) is 95.1 Å². The molecule has 0 radical (unpaired) electrons. The van der Waals surface area contributed by atoms with Crippen molar-refractivity contribution >= 4 is 34.6 Å². The zero-order chi connectivity index (χ0) is 30.6. The number of halogens is 3. The number of hydroxylamine groups is 1. The molecule has 0 spiro atoms. The molecule has 1 unspecified atom stereocenters. The summed E-state index contributed by atoms with van der Waals surface area (Å²) in [5.41, 5.74) is 1.70. The summed E-state index contributed by atoms with van der Waals surface area (Å²) < 4.78 is 45.8. The van der Waals surface area contributed by atoms with E-state index >= 15 is 0 Å². The molecule has 1 aromatic heterocycles. The second-order valence-corrected chi connectivity index (χ2v) is 10.4. The second kappa shape index (κ2) is 12.9. The lowest BCUT2D eigenvalue weighted by Crippen LogP contribution is -2.29. The van der Waals surface area contributed by atoms with Crippen molar-refractivity contribution in [1.29, 1.82) is 0 Å². The standard InChI is InChI=1S/C30H34F3N7O3/c1-4-29(41)37-22-16-23(26(42-3)17-25(22)39-11-6-10-38(2)12-13-39)36-27-18-28(35-19-34-27)40-24(9-14-43-40)20-7-5-8-21(15-20)30(31,32)33/h4-5,7-8,15-19,24H,1,6,9-14H2,2-3H3,(H,37,41)(H,34,35,36). The van der Waals surface area contributed by atoms with E-state index in [0.717, 1.165) is 50.4 Å². The van der Waals surface area contributed by atoms with Crippen molar-refractivity contribution < 1.29 is 27.5 Å². The summed E-state index contributed by atoms with van der Waals surface area (Å²) in [6.45, 7) is 7.35. The van der Waals surface area contributed by atoms with E-state index in [1.807, 2.05) is 6.07 Å². The first kappa shape index (κ1) is 30.1. The maximum absolute atomic E-state index is 13.4. The molecular formula is C30H34F3N7O3. The molecule has 0 bridgehead atoms. The van der Waals surface area contributed by atoms with E-state index in [1.54, 1.807) is 25.3 Å². The molecule has 1 atom stereocenters. The van der Waals surface area contributed by atoms with Crippen LogP contribution in [0.25, 0.3) is 0 Å². The van der Waals surface area contributed by atoms with Crippen molar-refractivity contribution in [3.63, 3.8) is 0 Å². The van der Waals surface area contributed by atoms with Crippen LogP contribution in [0.15, 0.2) is 61.4 Å². The van der Waals surface area contributed by atoms with E-state index in [9.17, 15) is 18.0 Å². The minimum absolute atomic E-state index is 0.321. The number of benzene rings is 2. The third kappa shape index (κ3) is 7.00. The first-order valence-corrected chi connectivity index (χ1v) is 13.9. The van der Waals surface area contributed by atoms with Crippen molar-refractivity contribution in [2.75, 3.05) is 67.5 Å². The van der Waals surface area contributed by atoms with Gasteiger partial charge in [-0.2, -0.15) is 13.2 Å². The smallest absolute Gasteiger partial charge is 0.416 e. The molecule has 2 saturated heterocycles. The molecule has 2 aromatic carbocycles. The lowest BCUT2D eigenvalue weighted by Gasteiger charge is -2.27. The van der Waals surface area contributed by atoms with E-state index in [1.165, 1.54) is 23.5 Å². The fraction of sp³-hybridized carbons (Fsp3) is 0.367. The van der Waals surface area contributed by atoms with Crippen LogP contribution in [0.3, 0.4) is 0 Å². The number of hydrogen-bond donors (Lipinski definition) is 2. The molecule has 2 aliphatic heterocycles. The molecule has 2 aliphatic rings. The van der Waals surface area contributed by atoms with E-state index < -0.39 is 17.8 Å². The summed E-state index contributed by atoms with van der Waals surface area (Å²) in [6, 6.07) is 10.1. The molecule has 2 fully saturated rings. The summed E-state index contributed by atoms with van der Waals surface area (Å²) in [6.07, 6.45) is -0.434. The Kier molecular flexibility index (Phi) is 9.02. The van der Waals surface area contributed by atoms with Gasteiger partial charge in [0.05, 0.1) is 42.4 Å². The van der Waals surface area contributed by atoms with E-state index in [4.69, 9.17) is 9.57 Å². The predicted molar refractivity (Wildman–Crippen MR) is 159 cm³/mol. The Morgan fingerprint density at radius 2 is 1.95 bits per heavy atom. The van der Waals surface area contributed by atoms with Gasteiger partial charge in [-0.15, -0.1) is 0 Å². The van der Waals surface area contributed by atoms with Crippen molar-refractivity contribution in [1.82, 2.24) is 14.9 Å². The largest absolute Gasteiger partial charge is 0.494 e. The first-order valence-electron chi connectivity index (χ1n) is 13.9. The highest BCUT2D eigenvalue weighted by Gasteiger charge is 2.34. The van der Waals surface area contributed by atoms with Crippen LogP contribution in [0, 0.1) is 0 Å². The SMILES string of the molecule is C=CC(=O)Nc1cc(Nc2cc(N3OCCC3c3cccc(C(F)(F)F)c3)ncn2)c(OC)cc1N1CCCN(C)CC1. The highest BCUT2D eigenvalue weighted by molar-refractivity contribution is 6.02. The van der Waals surface area contributed by atoms with Gasteiger partial charge in [-0.3, -0.25) is 9.63 Å². The van der Waals surface area contributed by atoms with Crippen molar-refractivity contribution in [2.45, 2.75) is 25.1 Å². The Morgan fingerprint density at radius 3 is 2.72 bits per heavy atom. The monoisotopic (exact) mass is 597 g/mol. The van der Waals surface area contributed by atoms with Crippen molar-refractivity contribution in [3.05, 3.63) is 72.6 Å². The zero-order valence-electron chi connectivity index (χ0n) is 24.0. The average molecular weight is 598 g/mol. The minimum atomic E-state index is -4.45. The molecular weight excluding hydrogens is 563 g/mol. The summed E-state index contributed by atoms with van der Waals surface area (Å²) in [4.78, 5) is 31.3. The summed E-state index contributed by atoms with van der Waals surface area (Å²) >= 11 is 0. The summed E-state index contributed by atoms with van der Waals surface area (Å²) in [5.74, 6) is 0.956. The Balaban J connectivity index is 1.44. The Labute approximate surface area is 248 Å². The maximum Gasteiger partial charge on any atom is 0.416 e. The third-order valence-electron chi connectivity index (χ3n) is 7.47. The van der Waals surface area contributed by atoms with Gasteiger partial charge in [0.2, 0.25) is 5.91 Å². The van der Waals surface area contributed by atoms with Crippen LogP contribution in [0.1, 0.15) is 30.0 Å². The maximum atomic E-state index is 13.4. The van der Waals surface area contributed by atoms with Crippen LogP contribution < -0.4 is 25.3 Å². The number of likely N-dealkylation sites (N-methyl/N-ethyl adjacent to an activating group) is 1. The average Bonchev–Trinajstić information content (AvgIpc) is 3.39. The number of methoxy groups -OCH3 is 1.